The first kappa shape index (κ1) is 33.3. The third-order valence-electron chi connectivity index (χ3n) is 6.72. The van der Waals surface area contributed by atoms with Crippen molar-refractivity contribution in [3.05, 3.63) is 90.0 Å². The number of rotatable bonds is 17. The summed E-state index contributed by atoms with van der Waals surface area (Å²) in [5.74, 6) is -3.29. The number of amides is 3. The molecule has 1 heterocycles. The van der Waals surface area contributed by atoms with Gasteiger partial charge in [-0.3, -0.25) is 19.4 Å². The van der Waals surface area contributed by atoms with Gasteiger partial charge in [-0.2, -0.15) is 0 Å². The Labute approximate surface area is 254 Å². The van der Waals surface area contributed by atoms with E-state index in [1.807, 2.05) is 48.5 Å². The monoisotopic (exact) mass is 605 g/mol. The van der Waals surface area contributed by atoms with Crippen LogP contribution in [0.15, 0.2) is 78.2 Å². The number of nitrogens with zero attached hydrogens (tertiary/aromatic N) is 2. The summed E-state index contributed by atoms with van der Waals surface area (Å²) in [6.07, 6.45) is 3.56. The van der Waals surface area contributed by atoms with E-state index in [1.54, 1.807) is 12.1 Å². The molecule has 0 aliphatic heterocycles. The van der Waals surface area contributed by atoms with Crippen molar-refractivity contribution in [1.82, 2.24) is 25.9 Å². The minimum absolute atomic E-state index is 0.0538. The highest BCUT2D eigenvalue weighted by molar-refractivity contribution is 5.94. The Kier molecular flexibility index (Phi) is 12.9. The fourth-order valence-electron chi connectivity index (χ4n) is 4.43. The Bertz CT molecular complexity index is 1380. The minimum atomic E-state index is -1.30. The molecule has 234 valence electrons. The van der Waals surface area contributed by atoms with Gasteiger partial charge in [-0.25, -0.2) is 9.78 Å². The Morgan fingerprint density at radius 3 is 1.93 bits per heavy atom. The molecular formula is C30H39N9O5. The lowest BCUT2D eigenvalue weighted by molar-refractivity contribution is -0.142. The maximum absolute atomic E-state index is 13.7. The topological polar surface area (TPSA) is 244 Å². The molecular weight excluding hydrogens is 566 g/mol. The lowest BCUT2D eigenvalue weighted by atomic mass is 10.0. The van der Waals surface area contributed by atoms with E-state index in [9.17, 15) is 24.3 Å². The number of hydrogen-bond acceptors (Lipinski definition) is 7. The van der Waals surface area contributed by atoms with Crippen molar-refractivity contribution in [2.45, 2.75) is 56.3 Å². The summed E-state index contributed by atoms with van der Waals surface area (Å²) >= 11 is 0. The van der Waals surface area contributed by atoms with Crippen LogP contribution < -0.4 is 33.2 Å². The number of aliphatic imine (C=N–C) groups is 1. The fourth-order valence-corrected chi connectivity index (χ4v) is 4.43. The Morgan fingerprint density at radius 2 is 1.36 bits per heavy atom. The molecule has 1 aromatic heterocycles. The highest BCUT2D eigenvalue weighted by Gasteiger charge is 2.30. The number of H-pyrrole nitrogens is 1. The predicted octanol–water partition coefficient (Wildman–Crippen LogP) is -0.642. The van der Waals surface area contributed by atoms with Gasteiger partial charge in [-0.15, -0.1) is 0 Å². The molecule has 0 bridgehead atoms. The predicted molar refractivity (Wildman–Crippen MR) is 164 cm³/mol. The molecule has 44 heavy (non-hydrogen) atoms. The average molecular weight is 606 g/mol. The van der Waals surface area contributed by atoms with Gasteiger partial charge in [0, 0.05) is 31.3 Å². The van der Waals surface area contributed by atoms with Gasteiger partial charge >= 0.3 is 5.97 Å². The minimum Gasteiger partial charge on any atom is -0.480 e. The molecule has 14 nitrogen and oxygen atoms in total. The molecule has 0 spiro atoms. The quantitative estimate of drug-likeness (QED) is 0.0553. The Morgan fingerprint density at radius 1 is 0.795 bits per heavy atom. The number of benzene rings is 2. The smallest absolute Gasteiger partial charge is 0.326 e. The third-order valence-corrected chi connectivity index (χ3v) is 6.72. The zero-order valence-electron chi connectivity index (χ0n) is 24.2. The fraction of sp³-hybridized carbons (Fsp3) is 0.333. The van der Waals surface area contributed by atoms with Gasteiger partial charge in [0.15, 0.2) is 5.96 Å². The number of nitrogens with two attached hydrogens (primary N) is 3. The van der Waals surface area contributed by atoms with Crippen LogP contribution in [0.4, 0.5) is 0 Å². The normalized spacial score (nSPS) is 13.5. The number of imidazole rings is 1. The van der Waals surface area contributed by atoms with Crippen LogP contribution in [0.1, 0.15) is 29.7 Å². The third kappa shape index (κ3) is 11.2. The molecule has 0 aliphatic carbocycles. The van der Waals surface area contributed by atoms with E-state index in [2.05, 4.69) is 30.9 Å². The molecule has 0 saturated heterocycles. The van der Waals surface area contributed by atoms with Crippen molar-refractivity contribution in [2.75, 3.05) is 6.54 Å². The van der Waals surface area contributed by atoms with Crippen LogP contribution in [0.2, 0.25) is 0 Å². The van der Waals surface area contributed by atoms with E-state index in [0.29, 0.717) is 12.1 Å². The van der Waals surface area contributed by atoms with Crippen LogP contribution in [-0.4, -0.2) is 75.4 Å². The van der Waals surface area contributed by atoms with Gasteiger partial charge in [0.05, 0.1) is 12.4 Å². The van der Waals surface area contributed by atoms with Crippen LogP contribution in [0.25, 0.3) is 0 Å². The van der Waals surface area contributed by atoms with Gasteiger partial charge < -0.3 is 43.2 Å². The first-order valence-electron chi connectivity index (χ1n) is 14.1. The standard InChI is InChI=1S/C30H39N9O5/c31-22(14-19-8-3-1-4-9-19)26(40)38-24(15-20-10-5-2-6-11-20)28(42)37-23(12-7-13-35-30(32)33)27(41)39-25(29(43)44)16-21-17-34-18-36-21/h1-6,8-11,17-18,22-25H,7,12-16,31H2,(H,34,36)(H,37,42)(H,38,40)(H,39,41)(H,43,44)(H4,32,33,35). The summed E-state index contributed by atoms with van der Waals surface area (Å²) < 4.78 is 0. The van der Waals surface area contributed by atoms with E-state index in [1.165, 1.54) is 12.5 Å². The summed E-state index contributed by atoms with van der Waals surface area (Å²) in [5.41, 5.74) is 19.1. The van der Waals surface area contributed by atoms with Crippen molar-refractivity contribution in [3.8, 4) is 0 Å². The summed E-state index contributed by atoms with van der Waals surface area (Å²) in [7, 11) is 0. The molecule has 0 radical (unpaired) electrons. The molecule has 0 saturated carbocycles. The van der Waals surface area contributed by atoms with Gasteiger partial charge in [0.2, 0.25) is 17.7 Å². The van der Waals surface area contributed by atoms with Crippen molar-refractivity contribution in [1.29, 1.82) is 0 Å². The summed E-state index contributed by atoms with van der Waals surface area (Å²) in [5, 5.41) is 17.6. The second kappa shape index (κ2) is 17.0. The van der Waals surface area contributed by atoms with Crippen LogP contribution >= 0.6 is 0 Å². The van der Waals surface area contributed by atoms with Crippen LogP contribution in [0.3, 0.4) is 0 Å². The van der Waals surface area contributed by atoms with Gasteiger partial charge in [0.1, 0.15) is 18.1 Å². The zero-order valence-corrected chi connectivity index (χ0v) is 24.2. The number of aromatic nitrogens is 2. The first-order chi connectivity index (χ1) is 21.1. The number of carboxylic acid groups (broad SMARTS) is 1. The number of carboxylic acids is 1. The van der Waals surface area contributed by atoms with Crippen molar-refractivity contribution in [2.24, 2.45) is 22.2 Å². The molecule has 3 rings (SSSR count). The van der Waals surface area contributed by atoms with Gasteiger partial charge in [-0.1, -0.05) is 60.7 Å². The second-order valence-electron chi connectivity index (χ2n) is 10.2. The highest BCUT2D eigenvalue weighted by Crippen LogP contribution is 2.08. The summed E-state index contributed by atoms with van der Waals surface area (Å²) in [6.45, 7) is 0.178. The second-order valence-corrected chi connectivity index (χ2v) is 10.2. The number of hydrogen-bond donors (Lipinski definition) is 8. The van der Waals surface area contributed by atoms with Crippen LogP contribution in [0, 0.1) is 0 Å². The maximum atomic E-state index is 13.7. The van der Waals surface area contributed by atoms with Gasteiger partial charge in [-0.05, 0) is 30.4 Å². The molecule has 11 N–H and O–H groups in total. The van der Waals surface area contributed by atoms with E-state index >= 15 is 0 Å². The number of nitrogens with one attached hydrogen (secondary N) is 4. The molecule has 14 heteroatoms. The van der Waals surface area contributed by atoms with E-state index in [-0.39, 0.29) is 38.2 Å². The molecule has 0 fully saturated rings. The summed E-state index contributed by atoms with van der Waals surface area (Å²) in [6, 6.07) is 13.8. The van der Waals surface area contributed by atoms with E-state index in [0.717, 1.165) is 11.1 Å². The number of guanidine groups is 1. The molecule has 4 atom stereocenters. The first-order valence-corrected chi connectivity index (χ1v) is 14.1. The zero-order chi connectivity index (χ0) is 31.9. The average Bonchev–Trinajstić information content (AvgIpc) is 3.52. The highest BCUT2D eigenvalue weighted by atomic mass is 16.4. The van der Waals surface area contributed by atoms with Crippen molar-refractivity contribution in [3.63, 3.8) is 0 Å². The molecule has 3 amide bonds. The molecule has 2 aromatic carbocycles. The van der Waals surface area contributed by atoms with Crippen molar-refractivity contribution < 1.29 is 24.3 Å². The lowest BCUT2D eigenvalue weighted by Gasteiger charge is -2.25. The van der Waals surface area contributed by atoms with E-state index < -0.39 is 47.9 Å². The largest absolute Gasteiger partial charge is 0.480 e. The van der Waals surface area contributed by atoms with Crippen molar-refractivity contribution >= 4 is 29.7 Å². The Balaban J connectivity index is 1.77. The molecule has 3 aromatic rings. The number of aliphatic carboxylic acids is 1. The van der Waals surface area contributed by atoms with Crippen LogP contribution in [-0.2, 0) is 38.4 Å². The van der Waals surface area contributed by atoms with Crippen LogP contribution in [0.5, 0.6) is 0 Å². The van der Waals surface area contributed by atoms with Gasteiger partial charge in [0.25, 0.3) is 0 Å². The maximum Gasteiger partial charge on any atom is 0.326 e. The SMILES string of the molecule is NC(N)=NCCCC(NC(=O)C(Cc1ccccc1)NC(=O)C(N)Cc1ccccc1)C(=O)NC(Cc1cnc[nH]1)C(=O)O. The molecule has 4 unspecified atom stereocenters. The lowest BCUT2D eigenvalue weighted by Crippen LogP contribution is -2.58. The van der Waals surface area contributed by atoms with E-state index in [4.69, 9.17) is 17.2 Å². The summed E-state index contributed by atoms with van der Waals surface area (Å²) in [4.78, 5) is 62.6. The Hall–Kier alpha value is -5.24. The molecule has 0 aliphatic rings. The number of carbonyl (C=O) groups is 4. The number of carbonyl (C=O) groups excluding carboxylic acids is 3. The number of aromatic amines is 1.